The number of imide groups is 2. The molecule has 4 amide bonds. The van der Waals surface area contributed by atoms with Gasteiger partial charge in [-0.3, -0.25) is 9.59 Å². The number of ether oxygens (including phenoxy) is 2. The Hall–Kier alpha value is -5.50. The van der Waals surface area contributed by atoms with Gasteiger partial charge in [-0.1, -0.05) is 133 Å². The largest absolute Gasteiger partial charge is 0.447 e. The number of amides is 4. The first kappa shape index (κ1) is 32.4. The minimum Gasteiger partial charge on any atom is -0.447 e. The van der Waals surface area contributed by atoms with E-state index in [0.29, 0.717) is 25.7 Å². The molecule has 0 radical (unpaired) electrons. The van der Waals surface area contributed by atoms with Crippen molar-refractivity contribution in [1.29, 1.82) is 0 Å². The molecule has 4 aromatic rings. The fraction of sp³-hybridized carbons (Fsp3) is 0.250. The van der Waals surface area contributed by atoms with E-state index in [0.717, 1.165) is 22.3 Å². The van der Waals surface area contributed by atoms with Crippen molar-refractivity contribution in [3.63, 3.8) is 0 Å². The lowest BCUT2D eigenvalue weighted by molar-refractivity contribution is -0.133. The summed E-state index contributed by atoms with van der Waals surface area (Å²) < 4.78 is 10.8. The van der Waals surface area contributed by atoms with Crippen LogP contribution in [0.5, 0.6) is 0 Å². The Morgan fingerprint density at radius 1 is 0.542 bits per heavy atom. The topological polar surface area (TPSA) is 93.2 Å². The third-order valence-corrected chi connectivity index (χ3v) is 8.83. The molecule has 0 N–H and O–H groups in total. The van der Waals surface area contributed by atoms with Crippen LogP contribution in [-0.2, 0) is 44.7 Å². The molecule has 0 aliphatic carbocycles. The predicted molar refractivity (Wildman–Crippen MR) is 181 cm³/mol. The summed E-state index contributed by atoms with van der Waals surface area (Å²) in [6, 6.07) is 37.6. The van der Waals surface area contributed by atoms with Gasteiger partial charge in [0.2, 0.25) is 11.8 Å². The van der Waals surface area contributed by atoms with E-state index >= 15 is 0 Å². The molecule has 6 rings (SSSR count). The van der Waals surface area contributed by atoms with Crippen LogP contribution in [0.25, 0.3) is 0 Å². The highest BCUT2D eigenvalue weighted by Crippen LogP contribution is 2.26. The van der Waals surface area contributed by atoms with Gasteiger partial charge < -0.3 is 9.47 Å². The molecule has 244 valence electrons. The molecule has 0 bridgehead atoms. The Labute approximate surface area is 280 Å². The minimum absolute atomic E-state index is 0.107. The van der Waals surface area contributed by atoms with Gasteiger partial charge in [0.05, 0.1) is 23.9 Å². The molecule has 48 heavy (non-hydrogen) atoms. The van der Waals surface area contributed by atoms with E-state index < -0.39 is 47.9 Å². The van der Waals surface area contributed by atoms with E-state index in [1.807, 2.05) is 121 Å². The first-order chi connectivity index (χ1) is 23.5. The lowest BCUT2D eigenvalue weighted by Gasteiger charge is -2.25. The van der Waals surface area contributed by atoms with Crippen molar-refractivity contribution in [3.05, 3.63) is 156 Å². The zero-order chi connectivity index (χ0) is 33.3. The average Bonchev–Trinajstić information content (AvgIpc) is 3.67. The molecule has 4 aromatic carbocycles. The zero-order valence-corrected chi connectivity index (χ0v) is 26.6. The van der Waals surface area contributed by atoms with Gasteiger partial charge in [-0.05, 0) is 47.9 Å². The number of carbonyl (C=O) groups excluding carboxylic acids is 4. The van der Waals surface area contributed by atoms with Crippen LogP contribution in [0.2, 0.25) is 0 Å². The monoisotopic (exact) mass is 642 g/mol. The molecule has 2 saturated heterocycles. The van der Waals surface area contributed by atoms with Gasteiger partial charge in [0, 0.05) is 0 Å². The Balaban J connectivity index is 1.30. The average molecular weight is 643 g/mol. The molecule has 0 unspecified atom stereocenters. The van der Waals surface area contributed by atoms with Gasteiger partial charge in [0.25, 0.3) is 0 Å². The van der Waals surface area contributed by atoms with Crippen LogP contribution in [0.15, 0.2) is 133 Å². The fourth-order valence-electron chi connectivity index (χ4n) is 6.37. The normalized spacial score (nSPS) is 18.8. The lowest BCUT2D eigenvalue weighted by Crippen LogP contribution is -2.44. The van der Waals surface area contributed by atoms with Crippen molar-refractivity contribution in [1.82, 2.24) is 9.80 Å². The van der Waals surface area contributed by atoms with E-state index in [4.69, 9.17) is 9.47 Å². The summed E-state index contributed by atoms with van der Waals surface area (Å²) in [4.78, 5) is 57.0. The van der Waals surface area contributed by atoms with E-state index in [2.05, 4.69) is 0 Å². The van der Waals surface area contributed by atoms with Crippen LogP contribution < -0.4 is 0 Å². The summed E-state index contributed by atoms with van der Waals surface area (Å²) in [5, 5.41) is 0. The Morgan fingerprint density at radius 2 is 0.854 bits per heavy atom. The first-order valence-electron chi connectivity index (χ1n) is 16.3. The molecule has 8 heteroatoms. The van der Waals surface area contributed by atoms with Crippen molar-refractivity contribution in [2.45, 2.75) is 37.8 Å². The van der Waals surface area contributed by atoms with Crippen LogP contribution >= 0.6 is 0 Å². The van der Waals surface area contributed by atoms with Crippen LogP contribution in [0.4, 0.5) is 9.59 Å². The number of hydrogen-bond donors (Lipinski definition) is 0. The van der Waals surface area contributed by atoms with E-state index in [-0.39, 0.29) is 13.2 Å². The van der Waals surface area contributed by atoms with Crippen molar-refractivity contribution >= 4 is 24.0 Å². The number of benzene rings is 4. The van der Waals surface area contributed by atoms with Crippen molar-refractivity contribution in [2.24, 2.45) is 11.8 Å². The molecule has 2 fully saturated rings. The lowest BCUT2D eigenvalue weighted by atomic mass is 9.91. The second kappa shape index (κ2) is 15.4. The highest BCUT2D eigenvalue weighted by Gasteiger charge is 2.42. The van der Waals surface area contributed by atoms with Gasteiger partial charge >= 0.3 is 12.2 Å². The summed E-state index contributed by atoms with van der Waals surface area (Å²) in [6.45, 7) is 0.215. The summed E-state index contributed by atoms with van der Waals surface area (Å²) in [5.74, 6) is -2.33. The van der Waals surface area contributed by atoms with Gasteiger partial charge in [-0.15, -0.1) is 0 Å². The molecule has 2 heterocycles. The maximum absolute atomic E-state index is 14.3. The van der Waals surface area contributed by atoms with Crippen molar-refractivity contribution in [3.8, 4) is 0 Å². The molecule has 0 aromatic heterocycles. The van der Waals surface area contributed by atoms with E-state index in [9.17, 15) is 19.2 Å². The second-order valence-electron chi connectivity index (χ2n) is 12.2. The summed E-state index contributed by atoms with van der Waals surface area (Å²) >= 11 is 0. The van der Waals surface area contributed by atoms with Gasteiger partial charge in [0.1, 0.15) is 13.2 Å². The molecule has 0 spiro atoms. The van der Waals surface area contributed by atoms with Gasteiger partial charge in [-0.25, -0.2) is 19.4 Å². The molecule has 2 aliphatic heterocycles. The Bertz CT molecular complexity index is 1600. The molecular formula is C40H38N2O6. The quantitative estimate of drug-likeness (QED) is 0.165. The first-order valence-corrected chi connectivity index (χ1v) is 16.3. The Morgan fingerprint density at radius 3 is 1.19 bits per heavy atom. The third-order valence-electron chi connectivity index (χ3n) is 8.83. The number of nitrogens with zero attached hydrogens (tertiary/aromatic N) is 2. The molecule has 8 nitrogen and oxygen atoms in total. The number of hydrogen-bond acceptors (Lipinski definition) is 6. The van der Waals surface area contributed by atoms with Crippen molar-refractivity contribution < 1.29 is 28.7 Å². The molecule has 2 aliphatic rings. The van der Waals surface area contributed by atoms with Crippen LogP contribution in [0, 0.1) is 11.8 Å². The highest BCUT2D eigenvalue weighted by molar-refractivity contribution is 5.97. The van der Waals surface area contributed by atoms with Crippen LogP contribution in [0.1, 0.15) is 22.3 Å². The number of rotatable bonds is 12. The zero-order valence-electron chi connectivity index (χ0n) is 26.6. The summed E-state index contributed by atoms with van der Waals surface area (Å²) in [5.41, 5.74) is 3.80. The standard InChI is InChI=1S/C40H38N2O6/c43-37(41-35(27-47-39(41)45)25-31-17-9-3-10-18-31)33(23-29-13-5-1-6-14-29)21-22-34(24-30-15-7-2-8-16-30)38(44)42-36(28-48-40(42)46)26-32-19-11-4-12-20-32/h1-22,33-36H,23-28H2/b22-21+/t33-,34-,35+,36+/m1/s1. The van der Waals surface area contributed by atoms with Gasteiger partial charge in [-0.2, -0.15) is 0 Å². The maximum atomic E-state index is 14.3. The summed E-state index contributed by atoms with van der Waals surface area (Å²) in [7, 11) is 0. The molecule has 4 atom stereocenters. The Kier molecular flexibility index (Phi) is 10.4. The number of cyclic esters (lactones) is 2. The SMILES string of the molecule is O=C1OC[C@H](Cc2ccccc2)N1C(=O)[C@H](/C=C/[C@H](Cc1ccccc1)C(=O)N1C(=O)OC[C@@H]1Cc1ccccc1)Cc1ccccc1. The maximum Gasteiger partial charge on any atom is 0.417 e. The van der Waals surface area contributed by atoms with E-state index in [1.165, 1.54) is 9.80 Å². The minimum atomic E-state index is -0.770. The van der Waals surface area contributed by atoms with Gasteiger partial charge in [0.15, 0.2) is 0 Å². The smallest absolute Gasteiger partial charge is 0.417 e. The van der Waals surface area contributed by atoms with Crippen LogP contribution in [0.3, 0.4) is 0 Å². The molecular weight excluding hydrogens is 604 g/mol. The van der Waals surface area contributed by atoms with Crippen LogP contribution in [-0.4, -0.2) is 59.1 Å². The second-order valence-corrected chi connectivity index (χ2v) is 12.2. The number of carbonyl (C=O) groups is 4. The third kappa shape index (κ3) is 7.89. The molecule has 0 saturated carbocycles. The predicted octanol–water partition coefficient (Wildman–Crippen LogP) is 6.44. The highest BCUT2D eigenvalue weighted by atomic mass is 16.6. The summed E-state index contributed by atoms with van der Waals surface area (Å²) in [6.07, 6.45) is 3.66. The van der Waals surface area contributed by atoms with E-state index in [1.54, 1.807) is 12.2 Å². The van der Waals surface area contributed by atoms with Crippen molar-refractivity contribution in [2.75, 3.05) is 13.2 Å². The fourth-order valence-corrected chi connectivity index (χ4v) is 6.37.